The van der Waals surface area contributed by atoms with Crippen LogP contribution in [0.25, 0.3) is 0 Å². The number of hydrogen-bond donors (Lipinski definition) is 2. The third-order valence-corrected chi connectivity index (χ3v) is 6.15. The molecule has 2 amide bonds. The highest BCUT2D eigenvalue weighted by molar-refractivity contribution is 8.00. The zero-order valence-corrected chi connectivity index (χ0v) is 17.1. The van der Waals surface area contributed by atoms with E-state index in [4.69, 9.17) is 4.74 Å². The highest BCUT2D eigenvalue weighted by Crippen LogP contribution is 2.35. The van der Waals surface area contributed by atoms with Gasteiger partial charge in [0, 0.05) is 36.1 Å². The molecule has 2 aliphatic heterocycles. The molecule has 2 heterocycles. The number of amides is 2. The van der Waals surface area contributed by atoms with Gasteiger partial charge in [-0.2, -0.15) is 0 Å². The number of benzene rings is 1. The molecule has 0 aromatic heterocycles. The average Bonchev–Trinajstić information content (AvgIpc) is 2.66. The number of anilines is 1. The Kier molecular flexibility index (Phi) is 6.78. The van der Waals surface area contributed by atoms with Gasteiger partial charge < -0.3 is 15.4 Å². The molecule has 1 aromatic rings. The highest BCUT2D eigenvalue weighted by Gasteiger charge is 2.25. The van der Waals surface area contributed by atoms with Crippen LogP contribution in [0.4, 0.5) is 5.69 Å². The van der Waals surface area contributed by atoms with Crippen LogP contribution in [0.3, 0.4) is 0 Å². The molecule has 2 unspecified atom stereocenters. The van der Waals surface area contributed by atoms with Gasteiger partial charge in [0.2, 0.25) is 5.91 Å². The van der Waals surface area contributed by atoms with E-state index in [0.717, 1.165) is 43.3 Å². The first-order chi connectivity index (χ1) is 12.9. The molecular weight excluding hydrogens is 362 g/mol. The van der Waals surface area contributed by atoms with Crippen molar-refractivity contribution in [2.75, 3.05) is 38.2 Å². The maximum absolute atomic E-state index is 12.7. The molecule has 1 fully saturated rings. The first kappa shape index (κ1) is 20.2. The van der Waals surface area contributed by atoms with Crippen LogP contribution in [-0.4, -0.2) is 60.9 Å². The quantitative estimate of drug-likeness (QED) is 0.780. The molecule has 3 rings (SSSR count). The van der Waals surface area contributed by atoms with E-state index in [2.05, 4.69) is 29.4 Å². The Morgan fingerprint density at radius 3 is 2.81 bits per heavy atom. The van der Waals surface area contributed by atoms with Crippen LogP contribution in [0.5, 0.6) is 0 Å². The number of fused-ring (bicyclic) bond motifs is 1. The molecule has 2 aliphatic rings. The second kappa shape index (κ2) is 9.08. The van der Waals surface area contributed by atoms with Gasteiger partial charge in [-0.15, -0.1) is 11.8 Å². The molecule has 0 aliphatic carbocycles. The summed E-state index contributed by atoms with van der Waals surface area (Å²) in [6.45, 7) is 10.2. The van der Waals surface area contributed by atoms with E-state index in [-0.39, 0.29) is 17.1 Å². The van der Waals surface area contributed by atoms with Crippen LogP contribution < -0.4 is 10.6 Å². The number of carbonyl (C=O) groups is 2. The normalized spacial score (nSPS) is 21.5. The van der Waals surface area contributed by atoms with Crippen LogP contribution in [0, 0.1) is 5.92 Å². The standard InChI is InChI=1S/C20H29N3O3S/c1-13(2)10-16(23-6-8-26-9-7-23)12-21-20(25)15-4-5-18-17(11-15)22-19(24)14(3)27-18/h4-5,11,13-14,16H,6-10,12H2,1-3H3,(H,21,25)(H,22,24). The van der Waals surface area contributed by atoms with E-state index in [1.165, 1.54) is 11.8 Å². The lowest BCUT2D eigenvalue weighted by molar-refractivity contribution is -0.115. The molecule has 6 nitrogen and oxygen atoms in total. The number of carbonyl (C=O) groups excluding carboxylic acids is 2. The van der Waals surface area contributed by atoms with Crippen molar-refractivity contribution in [2.24, 2.45) is 5.92 Å². The zero-order valence-electron chi connectivity index (χ0n) is 16.3. The molecular formula is C20H29N3O3S. The summed E-state index contributed by atoms with van der Waals surface area (Å²) in [6, 6.07) is 5.83. The van der Waals surface area contributed by atoms with Crippen molar-refractivity contribution in [3.05, 3.63) is 23.8 Å². The van der Waals surface area contributed by atoms with Gasteiger partial charge >= 0.3 is 0 Å². The zero-order chi connectivity index (χ0) is 19.4. The molecule has 0 radical (unpaired) electrons. The van der Waals surface area contributed by atoms with E-state index in [1.807, 2.05) is 19.1 Å². The number of nitrogens with zero attached hydrogens (tertiary/aromatic N) is 1. The van der Waals surface area contributed by atoms with Crippen molar-refractivity contribution in [1.29, 1.82) is 0 Å². The van der Waals surface area contributed by atoms with Crippen molar-refractivity contribution in [3.8, 4) is 0 Å². The molecule has 0 spiro atoms. The van der Waals surface area contributed by atoms with Gasteiger partial charge in [-0.3, -0.25) is 14.5 Å². The van der Waals surface area contributed by atoms with Crippen LogP contribution in [0.1, 0.15) is 37.6 Å². The first-order valence-corrected chi connectivity index (χ1v) is 10.5. The summed E-state index contributed by atoms with van der Waals surface area (Å²) in [4.78, 5) is 28.0. The largest absolute Gasteiger partial charge is 0.379 e. The Morgan fingerprint density at radius 1 is 1.37 bits per heavy atom. The van der Waals surface area contributed by atoms with E-state index >= 15 is 0 Å². The van der Waals surface area contributed by atoms with Crippen molar-refractivity contribution in [3.63, 3.8) is 0 Å². The first-order valence-electron chi connectivity index (χ1n) is 9.65. The summed E-state index contributed by atoms with van der Waals surface area (Å²) < 4.78 is 5.45. The smallest absolute Gasteiger partial charge is 0.251 e. The molecule has 0 bridgehead atoms. The Hall–Kier alpha value is -1.57. The van der Waals surface area contributed by atoms with Crippen LogP contribution in [-0.2, 0) is 9.53 Å². The van der Waals surface area contributed by atoms with E-state index in [1.54, 1.807) is 6.07 Å². The van der Waals surface area contributed by atoms with Gasteiger partial charge in [0.1, 0.15) is 0 Å². The molecule has 0 saturated carbocycles. The monoisotopic (exact) mass is 391 g/mol. The lowest BCUT2D eigenvalue weighted by Crippen LogP contribution is -2.49. The summed E-state index contributed by atoms with van der Waals surface area (Å²) >= 11 is 1.52. The summed E-state index contributed by atoms with van der Waals surface area (Å²) in [5, 5.41) is 5.86. The molecule has 1 saturated heterocycles. The Bertz CT molecular complexity index is 689. The van der Waals surface area contributed by atoms with Crippen LogP contribution >= 0.6 is 11.8 Å². The fraction of sp³-hybridized carbons (Fsp3) is 0.600. The molecule has 1 aromatic carbocycles. The summed E-state index contributed by atoms with van der Waals surface area (Å²) in [5.41, 5.74) is 1.30. The van der Waals surface area contributed by atoms with Crippen molar-refractivity contribution >= 4 is 29.3 Å². The number of thioether (sulfide) groups is 1. The van der Waals surface area contributed by atoms with E-state index < -0.39 is 0 Å². The second-order valence-electron chi connectivity index (χ2n) is 7.60. The maximum Gasteiger partial charge on any atom is 0.251 e. The highest BCUT2D eigenvalue weighted by atomic mass is 32.2. The van der Waals surface area contributed by atoms with Gasteiger partial charge in [0.05, 0.1) is 24.2 Å². The van der Waals surface area contributed by atoms with Gasteiger partial charge in [-0.25, -0.2) is 0 Å². The number of ether oxygens (including phenoxy) is 1. The van der Waals surface area contributed by atoms with Gasteiger partial charge in [0.15, 0.2) is 0 Å². The van der Waals surface area contributed by atoms with Gasteiger partial charge in [-0.1, -0.05) is 13.8 Å². The summed E-state index contributed by atoms with van der Waals surface area (Å²) in [7, 11) is 0. The van der Waals surface area contributed by atoms with E-state index in [9.17, 15) is 9.59 Å². The third kappa shape index (κ3) is 5.24. The predicted octanol–water partition coefficient (Wildman–Crippen LogP) is 2.60. The number of nitrogens with one attached hydrogen (secondary N) is 2. The maximum atomic E-state index is 12.7. The topological polar surface area (TPSA) is 70.7 Å². The van der Waals surface area contributed by atoms with Crippen LogP contribution in [0.2, 0.25) is 0 Å². The third-order valence-electron chi connectivity index (χ3n) is 4.98. The Balaban J connectivity index is 1.63. The van der Waals surface area contributed by atoms with Gasteiger partial charge in [-0.05, 0) is 37.5 Å². The van der Waals surface area contributed by atoms with Crippen LogP contribution in [0.15, 0.2) is 23.1 Å². The van der Waals surface area contributed by atoms with E-state index in [0.29, 0.717) is 24.1 Å². The Labute approximate surface area is 165 Å². The molecule has 27 heavy (non-hydrogen) atoms. The minimum Gasteiger partial charge on any atom is -0.379 e. The fourth-order valence-corrected chi connectivity index (χ4v) is 4.44. The number of rotatable bonds is 6. The number of hydrogen-bond acceptors (Lipinski definition) is 5. The molecule has 148 valence electrons. The number of morpholine rings is 1. The molecule has 2 N–H and O–H groups in total. The minimum atomic E-state index is -0.109. The SMILES string of the molecule is CC(C)CC(CNC(=O)c1ccc2c(c1)NC(=O)C(C)S2)N1CCOCC1. The summed E-state index contributed by atoms with van der Waals surface area (Å²) in [6.07, 6.45) is 1.04. The second-order valence-corrected chi connectivity index (χ2v) is 8.98. The summed E-state index contributed by atoms with van der Waals surface area (Å²) in [5.74, 6) is 0.444. The average molecular weight is 392 g/mol. The fourth-order valence-electron chi connectivity index (χ4n) is 3.51. The molecule has 2 atom stereocenters. The van der Waals surface area contributed by atoms with Crippen molar-refractivity contribution < 1.29 is 14.3 Å². The lowest BCUT2D eigenvalue weighted by Gasteiger charge is -2.35. The molecule has 7 heteroatoms. The lowest BCUT2D eigenvalue weighted by atomic mass is 10.0. The minimum absolute atomic E-state index is 0.0191. The van der Waals surface area contributed by atoms with Gasteiger partial charge in [0.25, 0.3) is 5.91 Å². The van der Waals surface area contributed by atoms with Crippen molar-refractivity contribution in [2.45, 2.75) is 43.4 Å². The predicted molar refractivity (Wildman–Crippen MR) is 108 cm³/mol. The van der Waals surface area contributed by atoms with Crippen molar-refractivity contribution in [1.82, 2.24) is 10.2 Å². The Morgan fingerprint density at radius 2 is 2.11 bits per heavy atom.